The molecule has 2 aliphatic rings. The van der Waals surface area contributed by atoms with Gasteiger partial charge in [0.2, 0.25) is 5.91 Å². The van der Waals surface area contributed by atoms with Gasteiger partial charge in [-0.1, -0.05) is 29.8 Å². The number of allylic oxidation sites excluding steroid dienone is 3. The maximum atomic E-state index is 14.1. The van der Waals surface area contributed by atoms with Gasteiger partial charge in [0.1, 0.15) is 0 Å². The number of nitrogens with one attached hydrogen (secondary N) is 1. The lowest BCUT2D eigenvalue weighted by Gasteiger charge is -2.44. The summed E-state index contributed by atoms with van der Waals surface area (Å²) < 4.78 is 42.2. The third kappa shape index (κ3) is 4.37. The first-order valence-electron chi connectivity index (χ1n) is 9.45. The Balaban J connectivity index is 1.63. The van der Waals surface area contributed by atoms with E-state index in [1.807, 2.05) is 12.1 Å². The van der Waals surface area contributed by atoms with Crippen LogP contribution in [-0.2, 0) is 4.79 Å². The van der Waals surface area contributed by atoms with Gasteiger partial charge in [-0.15, -0.1) is 0 Å². The van der Waals surface area contributed by atoms with Crippen LogP contribution in [0.1, 0.15) is 32.1 Å². The van der Waals surface area contributed by atoms with Gasteiger partial charge in [0.05, 0.1) is 5.41 Å². The Morgan fingerprint density at radius 1 is 1.18 bits per heavy atom. The fourth-order valence-corrected chi connectivity index (χ4v) is 4.48. The largest absolute Gasteiger partial charge is 0.398 e. The summed E-state index contributed by atoms with van der Waals surface area (Å²) in [6.07, 6.45) is 1.57. The van der Waals surface area contributed by atoms with Crippen LogP contribution in [-0.4, -0.2) is 18.6 Å². The van der Waals surface area contributed by atoms with Gasteiger partial charge in [-0.2, -0.15) is 13.2 Å². The van der Waals surface area contributed by atoms with E-state index in [9.17, 15) is 18.0 Å². The zero-order valence-corrected chi connectivity index (χ0v) is 16.2. The molecule has 1 fully saturated rings. The van der Waals surface area contributed by atoms with E-state index in [0.29, 0.717) is 36.6 Å². The summed E-state index contributed by atoms with van der Waals surface area (Å²) in [4.78, 5) is 11.5. The second kappa shape index (κ2) is 8.19. The minimum atomic E-state index is -4.42. The first kappa shape index (κ1) is 20.8. The van der Waals surface area contributed by atoms with Crippen LogP contribution in [0.2, 0.25) is 5.02 Å². The number of nitrogens with two attached hydrogens (primary N) is 1. The van der Waals surface area contributed by atoms with Crippen molar-refractivity contribution in [1.29, 1.82) is 0 Å². The smallest absolute Gasteiger partial charge is 0.385 e. The van der Waals surface area contributed by atoms with Crippen LogP contribution in [0.3, 0.4) is 0 Å². The van der Waals surface area contributed by atoms with E-state index in [-0.39, 0.29) is 12.0 Å². The number of primary amides is 1. The monoisotopic (exact) mass is 412 g/mol. The number of halogens is 4. The molecule has 0 aromatic heterocycles. The van der Waals surface area contributed by atoms with E-state index >= 15 is 0 Å². The standard InChI is InChI=1S/C21H24ClF3N2O/c22-17-7-9-18(10-8-17)27-13-14-3-5-16(6-4-14)20(21(23,24)25)11-1-2-15(12-20)19(26)28/h1-2,7-11,14,16,27H,3-6,12-13H2,(H2,26,28). The molecular weight excluding hydrogens is 389 g/mol. The summed E-state index contributed by atoms with van der Waals surface area (Å²) in [5.74, 6) is -1.01. The third-order valence-electron chi connectivity index (χ3n) is 6.03. The van der Waals surface area contributed by atoms with Crippen molar-refractivity contribution in [2.75, 3.05) is 11.9 Å². The molecule has 1 unspecified atom stereocenters. The van der Waals surface area contributed by atoms with Crippen LogP contribution in [0.5, 0.6) is 0 Å². The fourth-order valence-electron chi connectivity index (χ4n) is 4.36. The Bertz CT molecular complexity index is 765. The van der Waals surface area contributed by atoms with Crippen LogP contribution in [0.15, 0.2) is 48.1 Å². The molecule has 1 aromatic rings. The molecule has 0 spiro atoms. The average Bonchev–Trinajstić information content (AvgIpc) is 2.67. The van der Waals surface area contributed by atoms with Crippen molar-refractivity contribution in [3.05, 3.63) is 53.1 Å². The van der Waals surface area contributed by atoms with Crippen molar-refractivity contribution in [2.45, 2.75) is 38.3 Å². The first-order chi connectivity index (χ1) is 13.2. The van der Waals surface area contributed by atoms with Gasteiger partial charge in [0, 0.05) is 22.8 Å². The Morgan fingerprint density at radius 2 is 1.82 bits per heavy atom. The Labute approximate surface area is 167 Å². The van der Waals surface area contributed by atoms with Gasteiger partial charge in [0.25, 0.3) is 0 Å². The van der Waals surface area contributed by atoms with Gasteiger partial charge in [0.15, 0.2) is 0 Å². The summed E-state index contributed by atoms with van der Waals surface area (Å²) in [5, 5.41) is 3.99. The molecule has 7 heteroatoms. The summed E-state index contributed by atoms with van der Waals surface area (Å²) in [7, 11) is 0. The van der Waals surface area contributed by atoms with Crippen LogP contribution in [0, 0.1) is 17.3 Å². The Kier molecular flexibility index (Phi) is 6.08. The second-order valence-electron chi connectivity index (χ2n) is 7.74. The van der Waals surface area contributed by atoms with Crippen LogP contribution in [0.25, 0.3) is 0 Å². The number of hydrogen-bond donors (Lipinski definition) is 2. The van der Waals surface area contributed by atoms with Crippen LogP contribution in [0.4, 0.5) is 18.9 Å². The molecule has 3 nitrogen and oxygen atoms in total. The van der Waals surface area contributed by atoms with Crippen LogP contribution < -0.4 is 11.1 Å². The van der Waals surface area contributed by atoms with E-state index in [1.54, 1.807) is 12.1 Å². The van der Waals surface area contributed by atoms with E-state index in [4.69, 9.17) is 17.3 Å². The summed E-state index contributed by atoms with van der Waals surface area (Å²) in [6, 6.07) is 7.37. The van der Waals surface area contributed by atoms with Gasteiger partial charge in [-0.3, -0.25) is 4.79 Å². The molecule has 1 aromatic carbocycles. The molecule has 1 amide bonds. The number of carbonyl (C=O) groups excluding carboxylic acids is 1. The highest BCUT2D eigenvalue weighted by molar-refractivity contribution is 6.30. The number of hydrogen-bond acceptors (Lipinski definition) is 2. The van der Waals surface area contributed by atoms with Gasteiger partial charge >= 0.3 is 6.18 Å². The molecule has 0 heterocycles. The predicted molar refractivity (Wildman–Crippen MR) is 105 cm³/mol. The maximum Gasteiger partial charge on any atom is 0.398 e. The first-order valence-corrected chi connectivity index (χ1v) is 9.83. The lowest BCUT2D eigenvalue weighted by molar-refractivity contribution is -0.227. The topological polar surface area (TPSA) is 55.1 Å². The number of carbonyl (C=O) groups is 1. The highest BCUT2D eigenvalue weighted by atomic mass is 35.5. The molecule has 0 radical (unpaired) electrons. The van der Waals surface area contributed by atoms with E-state index in [2.05, 4.69) is 5.32 Å². The number of amides is 1. The fraction of sp³-hybridized carbons (Fsp3) is 0.476. The SMILES string of the molecule is NC(=O)C1=CC=CC(C2CCC(CNc3ccc(Cl)cc3)CC2)(C(F)(F)F)C1. The van der Waals surface area contributed by atoms with E-state index < -0.39 is 23.4 Å². The molecule has 1 atom stereocenters. The van der Waals surface area contributed by atoms with Gasteiger partial charge in [-0.05, 0) is 68.2 Å². The predicted octanol–water partition coefficient (Wildman–Crippen LogP) is 5.48. The zero-order valence-electron chi connectivity index (χ0n) is 15.4. The van der Waals surface area contributed by atoms with Crippen LogP contribution >= 0.6 is 11.6 Å². The molecule has 3 N–H and O–H groups in total. The minimum absolute atomic E-state index is 0.0475. The Morgan fingerprint density at radius 3 is 2.39 bits per heavy atom. The second-order valence-corrected chi connectivity index (χ2v) is 8.17. The quantitative estimate of drug-likeness (QED) is 0.672. The Hall–Kier alpha value is -1.95. The highest BCUT2D eigenvalue weighted by Gasteiger charge is 2.58. The molecular formula is C21H24ClF3N2O. The summed E-state index contributed by atoms with van der Waals surface area (Å²) in [6.45, 7) is 0.718. The molecule has 0 bridgehead atoms. The molecule has 1 saturated carbocycles. The number of anilines is 1. The zero-order chi connectivity index (χ0) is 20.4. The number of benzene rings is 1. The van der Waals surface area contributed by atoms with E-state index in [0.717, 1.165) is 12.2 Å². The summed E-state index contributed by atoms with van der Waals surface area (Å²) >= 11 is 5.87. The lowest BCUT2D eigenvalue weighted by Crippen LogP contribution is -2.46. The average molecular weight is 413 g/mol. The van der Waals surface area contributed by atoms with Crippen molar-refractivity contribution in [1.82, 2.24) is 0 Å². The molecule has 152 valence electrons. The lowest BCUT2D eigenvalue weighted by atomic mass is 9.62. The highest BCUT2D eigenvalue weighted by Crippen LogP contribution is 2.55. The molecule has 2 aliphatic carbocycles. The maximum absolute atomic E-state index is 14.1. The molecule has 0 aliphatic heterocycles. The van der Waals surface area contributed by atoms with Crippen molar-refractivity contribution < 1.29 is 18.0 Å². The van der Waals surface area contributed by atoms with Gasteiger partial charge < -0.3 is 11.1 Å². The van der Waals surface area contributed by atoms with Crippen molar-refractivity contribution >= 4 is 23.2 Å². The molecule has 28 heavy (non-hydrogen) atoms. The van der Waals surface area contributed by atoms with Crippen molar-refractivity contribution in [3.63, 3.8) is 0 Å². The van der Waals surface area contributed by atoms with Crippen molar-refractivity contribution in [2.24, 2.45) is 23.0 Å². The molecule has 0 saturated heterocycles. The number of rotatable bonds is 5. The van der Waals surface area contributed by atoms with E-state index in [1.165, 1.54) is 18.2 Å². The normalized spacial score (nSPS) is 27.9. The van der Waals surface area contributed by atoms with Gasteiger partial charge in [-0.25, -0.2) is 0 Å². The van der Waals surface area contributed by atoms with Crippen molar-refractivity contribution in [3.8, 4) is 0 Å². The summed E-state index contributed by atoms with van der Waals surface area (Å²) in [5.41, 5.74) is 4.26. The minimum Gasteiger partial charge on any atom is -0.385 e. The number of alkyl halides is 3. The molecule has 3 rings (SSSR count). The third-order valence-corrected chi connectivity index (χ3v) is 6.28.